The van der Waals surface area contributed by atoms with Crippen LogP contribution >= 0.6 is 0 Å². The summed E-state index contributed by atoms with van der Waals surface area (Å²) in [6.45, 7) is 2.12. The predicted octanol–water partition coefficient (Wildman–Crippen LogP) is 2.80. The summed E-state index contributed by atoms with van der Waals surface area (Å²) < 4.78 is 0. The molecule has 0 bridgehead atoms. The number of carboxylic acids is 1. The Bertz CT molecular complexity index is 495. The molecule has 1 saturated heterocycles. The van der Waals surface area contributed by atoms with Crippen molar-refractivity contribution in [3.05, 3.63) is 18.5 Å². The fraction of sp³-hybridized carbons (Fsp3) is 0.706. The van der Waals surface area contributed by atoms with Gasteiger partial charge in [-0.25, -0.2) is 5.01 Å². The second-order valence-corrected chi connectivity index (χ2v) is 6.95. The van der Waals surface area contributed by atoms with Crippen molar-refractivity contribution in [2.75, 3.05) is 18.5 Å². The molecule has 1 saturated carbocycles. The quantitative estimate of drug-likeness (QED) is 0.869. The zero-order chi connectivity index (χ0) is 16.1. The number of nitrogens with zero attached hydrogens (tertiary/aromatic N) is 3. The van der Waals surface area contributed by atoms with Gasteiger partial charge in [-0.05, 0) is 62.3 Å². The van der Waals surface area contributed by atoms with Crippen LogP contribution in [0.25, 0.3) is 0 Å². The highest BCUT2D eigenvalue weighted by molar-refractivity contribution is 5.67. The summed E-state index contributed by atoms with van der Waals surface area (Å²) >= 11 is 0. The van der Waals surface area contributed by atoms with Gasteiger partial charge in [-0.2, -0.15) is 10.2 Å². The summed E-state index contributed by atoms with van der Waals surface area (Å²) in [6.07, 6.45) is 10.9. The number of aliphatic carboxylic acids is 1. The number of aromatic nitrogens is 2. The van der Waals surface area contributed by atoms with Crippen LogP contribution in [0.1, 0.15) is 44.9 Å². The Morgan fingerprint density at radius 2 is 1.83 bits per heavy atom. The van der Waals surface area contributed by atoms with Gasteiger partial charge in [-0.1, -0.05) is 0 Å². The smallest absolute Gasteiger partial charge is 0.303 e. The SMILES string of the molecule is O=C(O)CC1CCC(C2CCN(Nc3ccnnc3)CC2)CC1. The van der Waals surface area contributed by atoms with Gasteiger partial charge < -0.3 is 10.5 Å². The second-order valence-electron chi connectivity index (χ2n) is 6.95. The van der Waals surface area contributed by atoms with Crippen molar-refractivity contribution in [1.82, 2.24) is 15.2 Å². The molecule has 3 rings (SSSR count). The largest absolute Gasteiger partial charge is 0.481 e. The first-order valence-corrected chi connectivity index (χ1v) is 8.71. The molecule has 2 N–H and O–H groups in total. The van der Waals surface area contributed by atoms with E-state index in [-0.39, 0.29) is 0 Å². The fourth-order valence-electron chi connectivity index (χ4n) is 4.13. The maximum absolute atomic E-state index is 10.8. The van der Waals surface area contributed by atoms with Crippen molar-refractivity contribution in [2.24, 2.45) is 17.8 Å². The number of anilines is 1. The van der Waals surface area contributed by atoms with Gasteiger partial charge in [-0.3, -0.25) is 4.79 Å². The number of carboxylic acid groups (broad SMARTS) is 1. The molecule has 2 fully saturated rings. The molecule has 1 aromatic heterocycles. The number of piperidine rings is 1. The Morgan fingerprint density at radius 1 is 1.13 bits per heavy atom. The lowest BCUT2D eigenvalue weighted by Crippen LogP contribution is -2.40. The molecule has 6 heteroatoms. The van der Waals surface area contributed by atoms with Gasteiger partial charge >= 0.3 is 5.97 Å². The van der Waals surface area contributed by atoms with Crippen LogP contribution in [-0.4, -0.2) is 39.4 Å². The molecule has 0 atom stereocenters. The molecule has 1 aliphatic carbocycles. The summed E-state index contributed by atoms with van der Waals surface area (Å²) in [5.41, 5.74) is 4.39. The maximum atomic E-state index is 10.8. The molecule has 0 radical (unpaired) electrons. The van der Waals surface area contributed by atoms with Gasteiger partial charge in [0.1, 0.15) is 0 Å². The first-order chi connectivity index (χ1) is 11.2. The van der Waals surface area contributed by atoms with Crippen molar-refractivity contribution < 1.29 is 9.90 Å². The summed E-state index contributed by atoms with van der Waals surface area (Å²) in [5.74, 6) is 1.36. The summed E-state index contributed by atoms with van der Waals surface area (Å²) in [4.78, 5) is 10.8. The van der Waals surface area contributed by atoms with E-state index in [1.807, 2.05) is 6.07 Å². The van der Waals surface area contributed by atoms with Crippen LogP contribution in [0.2, 0.25) is 0 Å². The number of carbonyl (C=O) groups is 1. The Morgan fingerprint density at radius 3 is 2.43 bits per heavy atom. The molecule has 1 aromatic rings. The zero-order valence-corrected chi connectivity index (χ0v) is 13.5. The third kappa shape index (κ3) is 4.64. The van der Waals surface area contributed by atoms with E-state index < -0.39 is 5.97 Å². The van der Waals surface area contributed by atoms with Crippen LogP contribution < -0.4 is 5.43 Å². The van der Waals surface area contributed by atoms with Crippen LogP contribution in [-0.2, 0) is 4.79 Å². The molecule has 0 unspecified atom stereocenters. The van der Waals surface area contributed by atoms with Crippen LogP contribution in [0.15, 0.2) is 18.5 Å². The Labute approximate surface area is 137 Å². The van der Waals surface area contributed by atoms with E-state index in [9.17, 15) is 4.79 Å². The zero-order valence-electron chi connectivity index (χ0n) is 13.5. The molecule has 0 aromatic carbocycles. The molecular formula is C17H26N4O2. The molecule has 23 heavy (non-hydrogen) atoms. The van der Waals surface area contributed by atoms with Crippen molar-refractivity contribution in [3.8, 4) is 0 Å². The molecule has 2 aliphatic rings. The molecule has 6 nitrogen and oxygen atoms in total. The van der Waals surface area contributed by atoms with Gasteiger partial charge in [-0.15, -0.1) is 0 Å². The van der Waals surface area contributed by atoms with E-state index in [2.05, 4.69) is 20.6 Å². The minimum absolute atomic E-state index is 0.356. The molecule has 1 aliphatic heterocycles. The van der Waals surface area contributed by atoms with Crippen LogP contribution in [0.4, 0.5) is 5.69 Å². The van der Waals surface area contributed by atoms with E-state index >= 15 is 0 Å². The monoisotopic (exact) mass is 318 g/mol. The van der Waals surface area contributed by atoms with Gasteiger partial charge in [0.05, 0.1) is 18.1 Å². The fourth-order valence-corrected chi connectivity index (χ4v) is 4.13. The lowest BCUT2D eigenvalue weighted by Gasteiger charge is -2.39. The Hall–Kier alpha value is -1.69. The highest BCUT2D eigenvalue weighted by Gasteiger charge is 2.30. The third-order valence-corrected chi connectivity index (χ3v) is 5.43. The average molecular weight is 318 g/mol. The Balaban J connectivity index is 1.40. The average Bonchev–Trinajstić information content (AvgIpc) is 2.57. The van der Waals surface area contributed by atoms with Crippen molar-refractivity contribution in [3.63, 3.8) is 0 Å². The van der Waals surface area contributed by atoms with E-state index in [0.717, 1.165) is 43.5 Å². The number of hydrogen-bond acceptors (Lipinski definition) is 5. The van der Waals surface area contributed by atoms with Crippen LogP contribution in [0, 0.1) is 17.8 Å². The predicted molar refractivity (Wildman–Crippen MR) is 87.7 cm³/mol. The molecule has 0 spiro atoms. The maximum Gasteiger partial charge on any atom is 0.303 e. The van der Waals surface area contributed by atoms with Gasteiger partial charge in [0.15, 0.2) is 0 Å². The van der Waals surface area contributed by atoms with E-state index in [0.29, 0.717) is 12.3 Å². The number of hydrogen-bond donors (Lipinski definition) is 2. The van der Waals surface area contributed by atoms with Gasteiger partial charge in [0.2, 0.25) is 0 Å². The number of hydrazine groups is 1. The molecule has 2 heterocycles. The number of nitrogens with one attached hydrogen (secondary N) is 1. The Kier molecular flexibility index (Phi) is 5.43. The van der Waals surface area contributed by atoms with E-state index in [4.69, 9.17) is 5.11 Å². The minimum atomic E-state index is -0.640. The first kappa shape index (κ1) is 16.2. The molecule has 0 amide bonds. The second kappa shape index (κ2) is 7.73. The summed E-state index contributed by atoms with van der Waals surface area (Å²) in [5, 5.41) is 18.9. The van der Waals surface area contributed by atoms with Crippen LogP contribution in [0.5, 0.6) is 0 Å². The summed E-state index contributed by atoms with van der Waals surface area (Å²) in [6, 6.07) is 1.93. The van der Waals surface area contributed by atoms with Crippen molar-refractivity contribution >= 4 is 11.7 Å². The number of rotatable bonds is 5. The standard InChI is InChI=1S/C17H26N4O2/c22-17(23)11-13-1-3-14(4-2-13)15-6-9-21(10-7-15)20-16-5-8-18-19-12-16/h5,8,12-15H,1-4,6-7,9-11H2,(H,18,20)(H,22,23). The molecule has 126 valence electrons. The van der Waals surface area contributed by atoms with Gasteiger partial charge in [0, 0.05) is 19.5 Å². The highest BCUT2D eigenvalue weighted by Crippen LogP contribution is 2.38. The molecular weight excluding hydrogens is 292 g/mol. The van der Waals surface area contributed by atoms with Crippen LogP contribution in [0.3, 0.4) is 0 Å². The van der Waals surface area contributed by atoms with Crippen molar-refractivity contribution in [2.45, 2.75) is 44.9 Å². The first-order valence-electron chi connectivity index (χ1n) is 8.71. The lowest BCUT2D eigenvalue weighted by molar-refractivity contribution is -0.138. The lowest BCUT2D eigenvalue weighted by atomic mass is 9.72. The minimum Gasteiger partial charge on any atom is -0.481 e. The summed E-state index contributed by atoms with van der Waals surface area (Å²) in [7, 11) is 0. The van der Waals surface area contributed by atoms with Gasteiger partial charge in [0.25, 0.3) is 0 Å². The highest BCUT2D eigenvalue weighted by atomic mass is 16.4. The van der Waals surface area contributed by atoms with E-state index in [1.165, 1.54) is 25.7 Å². The topological polar surface area (TPSA) is 78.4 Å². The van der Waals surface area contributed by atoms with E-state index in [1.54, 1.807) is 12.4 Å². The third-order valence-electron chi connectivity index (χ3n) is 5.43. The normalized spacial score (nSPS) is 26.8. The van der Waals surface area contributed by atoms with Crippen molar-refractivity contribution in [1.29, 1.82) is 0 Å².